The number of aryl methyl sites for hydroxylation is 2. The molecule has 23 heavy (non-hydrogen) atoms. The molecule has 0 radical (unpaired) electrons. The number of amides is 1. The lowest BCUT2D eigenvalue weighted by Crippen LogP contribution is -2.22. The molecule has 0 atom stereocenters. The second-order valence-corrected chi connectivity index (χ2v) is 5.50. The average Bonchev–Trinajstić information content (AvgIpc) is 2.50. The molecular formula is C16H16ClN3O3. The summed E-state index contributed by atoms with van der Waals surface area (Å²) in [5.74, 6) is -0.236. The van der Waals surface area contributed by atoms with Crippen molar-refractivity contribution in [1.29, 1.82) is 0 Å². The van der Waals surface area contributed by atoms with Gasteiger partial charge in [0.25, 0.3) is 5.69 Å². The lowest BCUT2D eigenvalue weighted by Gasteiger charge is -2.12. The van der Waals surface area contributed by atoms with Crippen molar-refractivity contribution < 1.29 is 9.72 Å². The van der Waals surface area contributed by atoms with Crippen LogP contribution in [0.1, 0.15) is 11.1 Å². The first-order valence-electron chi connectivity index (χ1n) is 6.92. The highest BCUT2D eigenvalue weighted by atomic mass is 35.5. The van der Waals surface area contributed by atoms with Gasteiger partial charge in [-0.05, 0) is 37.1 Å². The van der Waals surface area contributed by atoms with Crippen LogP contribution in [0.25, 0.3) is 0 Å². The molecular weight excluding hydrogens is 318 g/mol. The molecule has 6 nitrogen and oxygen atoms in total. The van der Waals surface area contributed by atoms with E-state index in [1.807, 2.05) is 32.0 Å². The van der Waals surface area contributed by atoms with E-state index in [-0.39, 0.29) is 23.2 Å². The number of nitrogens with one attached hydrogen (secondary N) is 2. The molecule has 7 heteroatoms. The summed E-state index contributed by atoms with van der Waals surface area (Å²) in [6.07, 6.45) is 0. The molecule has 0 spiro atoms. The van der Waals surface area contributed by atoms with Gasteiger partial charge in [0.05, 0.1) is 11.5 Å². The summed E-state index contributed by atoms with van der Waals surface area (Å²) in [7, 11) is 0. The molecule has 0 aliphatic rings. The number of rotatable bonds is 5. The Morgan fingerprint density at radius 1 is 1.22 bits per heavy atom. The minimum Gasteiger partial charge on any atom is -0.376 e. The van der Waals surface area contributed by atoms with Crippen LogP contribution in [-0.2, 0) is 4.79 Å². The van der Waals surface area contributed by atoms with Gasteiger partial charge >= 0.3 is 0 Å². The molecule has 2 aromatic rings. The first kappa shape index (κ1) is 16.8. The third kappa shape index (κ3) is 4.20. The van der Waals surface area contributed by atoms with Crippen LogP contribution >= 0.6 is 11.6 Å². The normalized spacial score (nSPS) is 10.2. The van der Waals surface area contributed by atoms with E-state index in [4.69, 9.17) is 11.6 Å². The highest BCUT2D eigenvalue weighted by Gasteiger charge is 2.13. The molecule has 0 heterocycles. The van der Waals surface area contributed by atoms with E-state index in [2.05, 4.69) is 10.6 Å². The maximum absolute atomic E-state index is 12.0. The van der Waals surface area contributed by atoms with Crippen molar-refractivity contribution in [2.24, 2.45) is 0 Å². The van der Waals surface area contributed by atoms with E-state index in [0.717, 1.165) is 16.8 Å². The Labute approximate surface area is 138 Å². The average molecular weight is 334 g/mol. The summed E-state index contributed by atoms with van der Waals surface area (Å²) < 4.78 is 0. The zero-order valence-electron chi connectivity index (χ0n) is 12.7. The number of hydrogen-bond donors (Lipinski definition) is 2. The van der Waals surface area contributed by atoms with Crippen LogP contribution in [0.2, 0.25) is 5.02 Å². The topological polar surface area (TPSA) is 84.3 Å². The fraction of sp³-hybridized carbons (Fsp3) is 0.188. The van der Waals surface area contributed by atoms with Crippen LogP contribution in [-0.4, -0.2) is 17.4 Å². The summed E-state index contributed by atoms with van der Waals surface area (Å²) in [6, 6.07) is 10.1. The lowest BCUT2D eigenvalue weighted by molar-refractivity contribution is -0.384. The molecule has 0 bridgehead atoms. The number of nitro groups is 1. The zero-order chi connectivity index (χ0) is 17.0. The summed E-state index contributed by atoms with van der Waals surface area (Å²) in [5, 5.41) is 16.6. The molecule has 2 aromatic carbocycles. The second kappa shape index (κ2) is 7.11. The maximum Gasteiger partial charge on any atom is 0.289 e. The van der Waals surface area contributed by atoms with E-state index < -0.39 is 4.92 Å². The minimum absolute atomic E-state index is 0.00738. The molecule has 120 valence electrons. The summed E-state index contributed by atoms with van der Waals surface area (Å²) in [6.45, 7) is 3.82. The number of halogens is 1. The van der Waals surface area contributed by atoms with Crippen LogP contribution in [0.4, 0.5) is 17.1 Å². The molecule has 0 unspecified atom stereocenters. The number of nitro benzene ring substituents is 1. The smallest absolute Gasteiger partial charge is 0.289 e. The summed E-state index contributed by atoms with van der Waals surface area (Å²) >= 11 is 5.75. The van der Waals surface area contributed by atoms with Gasteiger partial charge in [-0.3, -0.25) is 14.9 Å². The van der Waals surface area contributed by atoms with Gasteiger partial charge in [0.2, 0.25) is 5.91 Å². The van der Waals surface area contributed by atoms with Gasteiger partial charge in [-0.25, -0.2) is 0 Å². The van der Waals surface area contributed by atoms with Crippen molar-refractivity contribution in [3.63, 3.8) is 0 Å². The zero-order valence-corrected chi connectivity index (χ0v) is 13.5. The number of carbonyl (C=O) groups excluding carboxylic acids is 1. The molecule has 1 amide bonds. The number of benzene rings is 2. The molecule has 2 N–H and O–H groups in total. The molecule has 0 aromatic heterocycles. The first-order chi connectivity index (χ1) is 10.9. The van der Waals surface area contributed by atoms with Crippen molar-refractivity contribution >= 4 is 34.6 Å². The van der Waals surface area contributed by atoms with Crippen molar-refractivity contribution in [2.45, 2.75) is 13.8 Å². The molecule has 0 saturated carbocycles. The van der Waals surface area contributed by atoms with Gasteiger partial charge in [0.1, 0.15) is 5.02 Å². The Morgan fingerprint density at radius 2 is 1.87 bits per heavy atom. The number of anilines is 2. The molecule has 0 saturated heterocycles. The first-order valence-corrected chi connectivity index (χ1v) is 7.30. The monoisotopic (exact) mass is 333 g/mol. The van der Waals surface area contributed by atoms with Crippen molar-refractivity contribution in [3.05, 3.63) is 62.7 Å². The van der Waals surface area contributed by atoms with Gasteiger partial charge in [0.15, 0.2) is 0 Å². The van der Waals surface area contributed by atoms with Crippen LogP contribution in [0.5, 0.6) is 0 Å². The van der Waals surface area contributed by atoms with Crippen molar-refractivity contribution in [3.8, 4) is 0 Å². The predicted octanol–water partition coefficient (Wildman–Crippen LogP) is 3.92. The Bertz CT molecular complexity index is 742. The van der Waals surface area contributed by atoms with Crippen LogP contribution < -0.4 is 10.6 Å². The molecule has 0 fully saturated rings. The molecule has 0 aliphatic heterocycles. The van der Waals surface area contributed by atoms with E-state index >= 15 is 0 Å². The molecule has 0 aliphatic carbocycles. The highest BCUT2D eigenvalue weighted by Crippen LogP contribution is 2.27. The van der Waals surface area contributed by atoms with Crippen LogP contribution in [0.15, 0.2) is 36.4 Å². The van der Waals surface area contributed by atoms with Gasteiger partial charge in [-0.15, -0.1) is 0 Å². The van der Waals surface area contributed by atoms with E-state index in [1.165, 1.54) is 12.1 Å². The maximum atomic E-state index is 12.0. The van der Waals surface area contributed by atoms with Crippen molar-refractivity contribution in [1.82, 2.24) is 0 Å². The van der Waals surface area contributed by atoms with E-state index in [1.54, 1.807) is 6.07 Å². The number of para-hydroxylation sites is 1. The Hall–Kier alpha value is -2.60. The van der Waals surface area contributed by atoms with E-state index in [9.17, 15) is 14.9 Å². The lowest BCUT2D eigenvalue weighted by atomic mass is 10.1. The fourth-order valence-electron chi connectivity index (χ4n) is 2.14. The summed E-state index contributed by atoms with van der Waals surface area (Å²) in [4.78, 5) is 22.3. The Balaban J connectivity index is 2.02. The standard InChI is InChI=1S/C16H16ClN3O3/c1-10-4-3-5-11(2)16(10)19-15(21)9-18-12-6-7-13(17)14(8-12)20(22)23/h3-8,18H,9H2,1-2H3,(H,19,21). The van der Waals surface area contributed by atoms with Crippen LogP contribution in [0.3, 0.4) is 0 Å². The molecule has 2 rings (SSSR count). The van der Waals surface area contributed by atoms with E-state index in [0.29, 0.717) is 5.69 Å². The third-order valence-corrected chi connectivity index (χ3v) is 3.66. The van der Waals surface area contributed by atoms with Gasteiger partial charge < -0.3 is 10.6 Å². The van der Waals surface area contributed by atoms with Gasteiger partial charge in [-0.2, -0.15) is 0 Å². The largest absolute Gasteiger partial charge is 0.376 e. The Morgan fingerprint density at radius 3 is 2.48 bits per heavy atom. The van der Waals surface area contributed by atoms with Crippen molar-refractivity contribution in [2.75, 3.05) is 17.2 Å². The summed E-state index contributed by atoms with van der Waals surface area (Å²) in [5.41, 5.74) is 2.98. The minimum atomic E-state index is -0.565. The fourth-order valence-corrected chi connectivity index (χ4v) is 2.33. The van der Waals surface area contributed by atoms with Gasteiger partial charge in [-0.1, -0.05) is 29.8 Å². The number of hydrogen-bond acceptors (Lipinski definition) is 4. The second-order valence-electron chi connectivity index (χ2n) is 5.09. The predicted molar refractivity (Wildman–Crippen MR) is 91.1 cm³/mol. The Kier molecular flexibility index (Phi) is 5.18. The number of nitrogens with zero attached hydrogens (tertiary/aromatic N) is 1. The third-order valence-electron chi connectivity index (χ3n) is 3.34. The SMILES string of the molecule is Cc1cccc(C)c1NC(=O)CNc1ccc(Cl)c([N+](=O)[O-])c1. The van der Waals surface area contributed by atoms with Crippen LogP contribution in [0, 0.1) is 24.0 Å². The quantitative estimate of drug-likeness (QED) is 0.641. The highest BCUT2D eigenvalue weighted by molar-refractivity contribution is 6.32. The number of carbonyl (C=O) groups is 1. The van der Waals surface area contributed by atoms with Gasteiger partial charge in [0, 0.05) is 17.4 Å².